The van der Waals surface area contributed by atoms with Gasteiger partial charge in [-0.25, -0.2) is 0 Å². The first kappa shape index (κ1) is 16.2. The highest BCUT2D eigenvalue weighted by molar-refractivity contribution is 7.25. The first-order valence-electron chi connectivity index (χ1n) is 28.4. The van der Waals surface area contributed by atoms with Crippen molar-refractivity contribution in [3.63, 3.8) is 0 Å². The number of benzene rings is 7. The molecule has 3 aliphatic rings. The number of furan rings is 1. The van der Waals surface area contributed by atoms with E-state index in [-0.39, 0.29) is 127 Å². The maximum atomic E-state index is 10.1. The number of para-hydroxylation sites is 3. The van der Waals surface area contributed by atoms with Crippen molar-refractivity contribution in [3.05, 3.63) is 144 Å². The molecule has 0 fully saturated rings. The Morgan fingerprint density at radius 2 is 1.36 bits per heavy atom. The first-order chi connectivity index (χ1) is 36.0. The summed E-state index contributed by atoms with van der Waals surface area (Å²) in [6.45, 7) is 5.02. The van der Waals surface area contributed by atoms with E-state index in [1.165, 1.54) is 21.3 Å². The van der Waals surface area contributed by atoms with E-state index in [1.54, 1.807) is 20.8 Å². The predicted octanol–water partition coefficient (Wildman–Crippen LogP) is 11.9. The Morgan fingerprint density at radius 3 is 2.24 bits per heavy atom. The van der Waals surface area contributed by atoms with Crippen LogP contribution in [-0.4, -0.2) is 11.3 Å². The van der Waals surface area contributed by atoms with Gasteiger partial charge in [-0.1, -0.05) is 93.3 Å². The molecule has 4 nitrogen and oxygen atoms in total. The molecule has 3 aliphatic heterocycles. The van der Waals surface area contributed by atoms with Crippen LogP contribution in [0.15, 0.2) is 137 Å². The van der Waals surface area contributed by atoms with E-state index in [9.17, 15) is 21.9 Å². The van der Waals surface area contributed by atoms with Gasteiger partial charge < -0.3 is 18.8 Å². The van der Waals surface area contributed by atoms with E-state index in [0.29, 0.717) is 0 Å². The van der Waals surface area contributed by atoms with E-state index in [2.05, 4.69) is 0 Å². The van der Waals surface area contributed by atoms with E-state index in [4.69, 9.17) is 12.6 Å². The zero-order valence-corrected chi connectivity index (χ0v) is 30.1. The molecular weight excluding hydrogens is 689 g/mol. The average molecular weight is 746 g/mol. The lowest BCUT2D eigenvalue weighted by atomic mass is 9.35. The summed E-state index contributed by atoms with van der Waals surface area (Å²) < 4.78 is 215. The van der Waals surface area contributed by atoms with Crippen LogP contribution in [0.3, 0.4) is 0 Å². The summed E-state index contributed by atoms with van der Waals surface area (Å²) in [5.74, 6) is 0. The van der Waals surface area contributed by atoms with Gasteiger partial charge in [-0.3, -0.25) is 0 Å². The Morgan fingerprint density at radius 1 is 0.618 bits per heavy atom. The SMILES string of the molecule is [2H]c1c([2H])c2c3c(c1[2H])-n1c4c([2H])c([2H])c([2H])c([2H])c4c4c([2H])c([2H])c([2H])c(c41)N3c1c([2H])c(C)c([2H])c3c1B2c1oc2c([2H])c([2H])c(C(C)(C)C)c([2H])c2c1N3c1c([2H])c([2H])c2c(sc3c([2H])c([2H])c([2H])c([2H])c32)c1[2H]. The number of hydrogen-bond donors (Lipinski definition) is 0. The molecule has 0 saturated carbocycles. The molecule has 7 aromatic carbocycles. The van der Waals surface area contributed by atoms with Crippen LogP contribution >= 0.6 is 11.3 Å². The summed E-state index contributed by atoms with van der Waals surface area (Å²) >= 11 is 0.774. The van der Waals surface area contributed by atoms with Gasteiger partial charge in [0.05, 0.1) is 69.6 Å². The third-order valence-electron chi connectivity index (χ3n) is 10.7. The van der Waals surface area contributed by atoms with Crippen molar-refractivity contribution in [3.8, 4) is 5.69 Å². The van der Waals surface area contributed by atoms with Gasteiger partial charge in [0, 0.05) is 53.4 Å². The van der Waals surface area contributed by atoms with Crippen LogP contribution in [0.1, 0.15) is 62.1 Å². The van der Waals surface area contributed by atoms with Crippen LogP contribution in [-0.2, 0) is 5.41 Å². The molecule has 260 valence electrons. The summed E-state index contributed by atoms with van der Waals surface area (Å²) in [7, 11) is 0. The Labute approximate surface area is 353 Å². The lowest BCUT2D eigenvalue weighted by Crippen LogP contribution is -2.61. The Balaban J connectivity index is 1.30. The normalized spacial score (nSPS) is 19.7. The van der Waals surface area contributed by atoms with Gasteiger partial charge in [0.25, 0.3) is 6.71 Å². The molecule has 6 heterocycles. The molecule has 0 saturated heterocycles. The fourth-order valence-corrected chi connectivity index (χ4v) is 9.35. The van der Waals surface area contributed by atoms with Gasteiger partial charge in [-0.15, -0.1) is 11.3 Å². The number of thiophene rings is 1. The molecule has 0 aliphatic carbocycles. The molecule has 0 bridgehead atoms. The molecule has 0 spiro atoms. The maximum Gasteiger partial charge on any atom is 0.297 e. The second kappa shape index (κ2) is 10.1. The fraction of sp³-hybridized carbons (Fsp3) is 0.102. The number of hydrogen-bond acceptors (Lipinski definition) is 4. The molecule has 13 rings (SSSR count). The smallest absolute Gasteiger partial charge is 0.297 e. The van der Waals surface area contributed by atoms with Gasteiger partial charge in [0.2, 0.25) is 0 Å². The summed E-state index contributed by atoms with van der Waals surface area (Å²) in [4.78, 5) is 2.54. The third-order valence-corrected chi connectivity index (χ3v) is 11.7. The van der Waals surface area contributed by atoms with E-state index >= 15 is 0 Å². The Bertz CT molecular complexity index is 4630. The van der Waals surface area contributed by atoms with E-state index < -0.39 is 139 Å². The van der Waals surface area contributed by atoms with Crippen LogP contribution < -0.4 is 26.4 Å². The molecule has 0 radical (unpaired) electrons. The van der Waals surface area contributed by atoms with E-state index in [1.807, 2.05) is 0 Å². The summed E-state index contributed by atoms with van der Waals surface area (Å²) in [5.41, 5.74) is -4.14. The van der Waals surface area contributed by atoms with Crippen LogP contribution in [0.2, 0.25) is 0 Å². The van der Waals surface area contributed by atoms with Crippen LogP contribution in [0, 0.1) is 6.92 Å². The number of rotatable bonds is 1. The van der Waals surface area contributed by atoms with E-state index in [0.717, 1.165) is 11.3 Å². The zero-order valence-electron chi connectivity index (χ0n) is 51.2. The number of fused-ring (bicyclic) bond motifs is 14. The fourth-order valence-electron chi connectivity index (χ4n) is 8.39. The highest BCUT2D eigenvalue weighted by atomic mass is 32.1. The Kier molecular flexibility index (Phi) is 2.98. The van der Waals surface area contributed by atoms with Crippen molar-refractivity contribution >= 4 is 122 Å². The van der Waals surface area contributed by atoms with Crippen molar-refractivity contribution in [1.29, 1.82) is 0 Å². The minimum absolute atomic E-state index is 0.00781. The van der Waals surface area contributed by atoms with Gasteiger partial charge in [-0.2, -0.15) is 0 Å². The molecule has 10 aromatic rings. The zero-order chi connectivity index (χ0) is 55.6. The van der Waals surface area contributed by atoms with Gasteiger partial charge >= 0.3 is 0 Å². The topological polar surface area (TPSA) is 24.6 Å². The van der Waals surface area contributed by atoms with Crippen molar-refractivity contribution in [2.75, 3.05) is 9.80 Å². The third kappa shape index (κ3) is 3.73. The monoisotopic (exact) mass is 745 g/mol. The van der Waals surface area contributed by atoms with Crippen LogP contribution in [0.4, 0.5) is 34.1 Å². The lowest BCUT2D eigenvalue weighted by Gasteiger charge is -2.44. The van der Waals surface area contributed by atoms with Crippen molar-refractivity contribution < 1.29 is 34.6 Å². The van der Waals surface area contributed by atoms with Crippen LogP contribution in [0.25, 0.3) is 58.6 Å². The van der Waals surface area contributed by atoms with Crippen molar-refractivity contribution in [1.82, 2.24) is 4.57 Å². The molecule has 0 amide bonds. The largest absolute Gasteiger partial charge is 0.468 e. The van der Waals surface area contributed by atoms with Crippen molar-refractivity contribution in [2.24, 2.45) is 0 Å². The number of anilines is 6. The summed E-state index contributed by atoms with van der Waals surface area (Å²) in [5, 5.41) is -0.860. The number of nitrogens with zero attached hydrogens (tertiary/aromatic N) is 3. The van der Waals surface area contributed by atoms with Crippen molar-refractivity contribution in [2.45, 2.75) is 33.1 Å². The summed E-state index contributed by atoms with van der Waals surface area (Å²) in [6.07, 6.45) is 0. The van der Waals surface area contributed by atoms with Gasteiger partial charge in [0.1, 0.15) is 5.58 Å². The molecular formula is C49H34BN3OS. The molecule has 55 heavy (non-hydrogen) atoms. The minimum atomic E-state index is -1.59. The quantitative estimate of drug-likeness (QED) is 0.156. The standard InChI is InChI=1S/C49H34BN3OS/c1-27-23-39-44-40(24-27)53-37-16-9-13-33-30-11-5-7-15-36(30)52(45(33)37)38-17-10-14-35(47(38)53)50(44)48-46(34-25-28(49(2,3)4)19-22-41(34)54-48)51(39)29-20-21-32-31-12-6-8-18-42(31)55-43(32)26-29/h5-26H,1-4H3/i5D,6D,7D,8D,9D,10D,11D,12D,13D,14D,15D,16D,17D,18D,19D,20D,21D,22D,23D,24D,25D,26D. The lowest BCUT2D eigenvalue weighted by molar-refractivity contribution is 0.590. The molecule has 0 unspecified atom stereocenters. The summed E-state index contributed by atoms with van der Waals surface area (Å²) in [6, 6.07) is -12.6. The highest BCUT2D eigenvalue weighted by Gasteiger charge is 2.48. The second-order valence-corrected chi connectivity index (χ2v) is 15.9. The molecule has 0 atom stereocenters. The van der Waals surface area contributed by atoms with Crippen LogP contribution in [0.5, 0.6) is 0 Å². The number of aromatic nitrogens is 1. The first-order valence-corrected chi connectivity index (χ1v) is 18.3. The molecule has 6 heteroatoms. The van der Waals surface area contributed by atoms with Gasteiger partial charge in [0.15, 0.2) is 0 Å². The highest BCUT2D eigenvalue weighted by Crippen LogP contribution is 2.53. The molecule has 3 aromatic heterocycles. The Hall–Kier alpha value is -6.24. The van der Waals surface area contributed by atoms with Gasteiger partial charge in [-0.05, 0) is 94.8 Å². The maximum absolute atomic E-state index is 10.1. The average Bonchev–Trinajstić information content (AvgIpc) is 3.84. The predicted molar refractivity (Wildman–Crippen MR) is 234 cm³/mol. The minimum Gasteiger partial charge on any atom is -0.468 e. The molecule has 0 N–H and O–H groups in total. The second-order valence-electron chi connectivity index (χ2n) is 14.8.